The smallest absolute Gasteiger partial charge is 0.334 e. The standard InChI is InChI=1S/C6H10ClN3O/c1-8-5(11)10-6(7)3-2-4-9(6)10/h2-4H2,1H3,(H,8,11). The van der Waals surface area contributed by atoms with Crippen LogP contribution in [0, 0.1) is 0 Å². The summed E-state index contributed by atoms with van der Waals surface area (Å²) in [5.74, 6) is 0. The van der Waals surface area contributed by atoms with Crippen LogP contribution in [0.4, 0.5) is 4.79 Å². The van der Waals surface area contributed by atoms with Crippen molar-refractivity contribution in [2.45, 2.75) is 18.0 Å². The van der Waals surface area contributed by atoms with Crippen molar-refractivity contribution in [3.63, 3.8) is 0 Å². The van der Waals surface area contributed by atoms with Gasteiger partial charge in [0.05, 0.1) is 0 Å². The lowest BCUT2D eigenvalue weighted by molar-refractivity contribution is 0.208. The van der Waals surface area contributed by atoms with E-state index in [2.05, 4.69) is 5.32 Å². The Morgan fingerprint density at radius 1 is 1.73 bits per heavy atom. The van der Waals surface area contributed by atoms with Crippen LogP contribution in [0.2, 0.25) is 0 Å². The van der Waals surface area contributed by atoms with Gasteiger partial charge in [0.2, 0.25) is 5.12 Å². The van der Waals surface area contributed by atoms with Gasteiger partial charge in [0, 0.05) is 20.0 Å². The van der Waals surface area contributed by atoms with E-state index in [1.165, 1.54) is 0 Å². The van der Waals surface area contributed by atoms with Crippen LogP contribution >= 0.6 is 11.6 Å². The first-order valence-electron chi connectivity index (χ1n) is 3.68. The van der Waals surface area contributed by atoms with E-state index >= 15 is 0 Å². The third kappa shape index (κ3) is 0.765. The van der Waals surface area contributed by atoms with E-state index in [0.29, 0.717) is 0 Å². The first-order valence-corrected chi connectivity index (χ1v) is 4.06. The van der Waals surface area contributed by atoms with Crippen molar-refractivity contribution < 1.29 is 4.79 Å². The molecule has 2 atom stereocenters. The molecule has 0 bridgehead atoms. The Morgan fingerprint density at radius 2 is 2.45 bits per heavy atom. The first kappa shape index (κ1) is 7.18. The van der Waals surface area contributed by atoms with Crippen LogP contribution in [0.1, 0.15) is 12.8 Å². The second-order valence-corrected chi connectivity index (χ2v) is 3.42. The van der Waals surface area contributed by atoms with Crippen molar-refractivity contribution in [1.29, 1.82) is 0 Å². The molecule has 1 N–H and O–H groups in total. The van der Waals surface area contributed by atoms with Crippen molar-refractivity contribution in [3.8, 4) is 0 Å². The molecule has 2 aliphatic rings. The molecule has 0 aromatic carbocycles. The minimum absolute atomic E-state index is 0.111. The molecule has 0 aliphatic carbocycles. The highest BCUT2D eigenvalue weighted by Gasteiger charge is 2.65. The molecule has 0 aromatic rings. The van der Waals surface area contributed by atoms with E-state index in [1.54, 1.807) is 12.1 Å². The van der Waals surface area contributed by atoms with Crippen molar-refractivity contribution in [3.05, 3.63) is 0 Å². The molecule has 2 amide bonds. The molecule has 4 nitrogen and oxygen atoms in total. The minimum atomic E-state index is -0.472. The van der Waals surface area contributed by atoms with Crippen LogP contribution in [-0.4, -0.2) is 34.8 Å². The monoisotopic (exact) mass is 175 g/mol. The van der Waals surface area contributed by atoms with E-state index in [0.717, 1.165) is 19.4 Å². The molecule has 11 heavy (non-hydrogen) atoms. The lowest BCUT2D eigenvalue weighted by Gasteiger charge is -2.05. The largest absolute Gasteiger partial charge is 0.340 e. The van der Waals surface area contributed by atoms with Gasteiger partial charge in [0.25, 0.3) is 0 Å². The average Bonchev–Trinajstić information content (AvgIpc) is 2.36. The highest BCUT2D eigenvalue weighted by atomic mass is 35.5. The van der Waals surface area contributed by atoms with Crippen molar-refractivity contribution in [2.24, 2.45) is 0 Å². The molecule has 2 rings (SSSR count). The number of alkyl halides is 1. The Balaban J connectivity index is 2.07. The van der Waals surface area contributed by atoms with E-state index in [1.807, 2.05) is 5.01 Å². The van der Waals surface area contributed by atoms with Gasteiger partial charge < -0.3 is 5.32 Å². The van der Waals surface area contributed by atoms with Crippen LogP contribution in [0.25, 0.3) is 0 Å². The Bertz CT molecular complexity index is 210. The average molecular weight is 176 g/mol. The van der Waals surface area contributed by atoms with Gasteiger partial charge in [-0.1, -0.05) is 11.6 Å². The summed E-state index contributed by atoms with van der Waals surface area (Å²) in [6, 6.07) is -0.111. The van der Waals surface area contributed by atoms with E-state index < -0.39 is 5.12 Å². The van der Waals surface area contributed by atoms with Gasteiger partial charge >= 0.3 is 6.03 Å². The number of fused-ring (bicyclic) bond motifs is 1. The van der Waals surface area contributed by atoms with Crippen molar-refractivity contribution in [1.82, 2.24) is 15.3 Å². The number of nitrogens with zero attached hydrogens (tertiary/aromatic N) is 2. The lowest BCUT2D eigenvalue weighted by atomic mass is 10.3. The van der Waals surface area contributed by atoms with Crippen molar-refractivity contribution in [2.75, 3.05) is 13.6 Å². The van der Waals surface area contributed by atoms with Gasteiger partial charge in [0.1, 0.15) is 0 Å². The van der Waals surface area contributed by atoms with Gasteiger partial charge in [-0.2, -0.15) is 5.01 Å². The molecular formula is C6H10ClN3O. The number of halogens is 1. The molecule has 5 heteroatoms. The predicted molar refractivity (Wildman–Crippen MR) is 40.8 cm³/mol. The molecule has 0 saturated carbocycles. The van der Waals surface area contributed by atoms with Crippen LogP contribution < -0.4 is 5.32 Å². The lowest BCUT2D eigenvalue weighted by Crippen LogP contribution is -2.30. The molecule has 2 heterocycles. The summed E-state index contributed by atoms with van der Waals surface area (Å²) in [4.78, 5) is 11.1. The van der Waals surface area contributed by atoms with Gasteiger partial charge in [-0.25, -0.2) is 9.80 Å². The first-order chi connectivity index (χ1) is 5.20. The van der Waals surface area contributed by atoms with Crippen LogP contribution in [-0.2, 0) is 0 Å². The summed E-state index contributed by atoms with van der Waals surface area (Å²) in [6.07, 6.45) is 1.96. The number of amides is 2. The third-order valence-electron chi connectivity index (χ3n) is 2.19. The number of carbonyl (C=O) groups excluding carboxylic acids is 1. The van der Waals surface area contributed by atoms with Crippen LogP contribution in [0.5, 0.6) is 0 Å². The fourth-order valence-electron chi connectivity index (χ4n) is 1.61. The Labute approximate surface area is 70.1 Å². The summed E-state index contributed by atoms with van der Waals surface area (Å²) in [6.45, 7) is 0.900. The number of nitrogens with one attached hydrogen (secondary N) is 1. The number of hydrogen-bond donors (Lipinski definition) is 1. The third-order valence-corrected chi connectivity index (χ3v) is 2.74. The zero-order valence-electron chi connectivity index (χ0n) is 6.30. The molecule has 62 valence electrons. The summed E-state index contributed by atoms with van der Waals surface area (Å²) in [5.41, 5.74) is 0. The second kappa shape index (κ2) is 2.01. The van der Waals surface area contributed by atoms with E-state index in [9.17, 15) is 4.79 Å². The van der Waals surface area contributed by atoms with Crippen molar-refractivity contribution >= 4 is 17.6 Å². The number of hydrogen-bond acceptors (Lipinski definition) is 2. The van der Waals surface area contributed by atoms with Gasteiger partial charge in [0.15, 0.2) is 0 Å². The molecule has 2 fully saturated rings. The maximum Gasteiger partial charge on any atom is 0.334 e. The molecule has 0 spiro atoms. The van der Waals surface area contributed by atoms with Crippen LogP contribution in [0.3, 0.4) is 0 Å². The van der Waals surface area contributed by atoms with E-state index in [-0.39, 0.29) is 6.03 Å². The summed E-state index contributed by atoms with van der Waals surface area (Å²) >= 11 is 6.07. The molecule has 0 radical (unpaired) electrons. The Morgan fingerprint density at radius 3 is 2.91 bits per heavy atom. The molecule has 2 aliphatic heterocycles. The summed E-state index contributed by atoms with van der Waals surface area (Å²) in [7, 11) is 1.61. The zero-order chi connectivity index (χ0) is 8.06. The normalized spacial score (nSPS) is 40.2. The summed E-state index contributed by atoms with van der Waals surface area (Å²) < 4.78 is 0. The fraction of sp³-hybridized carbons (Fsp3) is 0.833. The Kier molecular flexibility index (Phi) is 1.32. The maximum absolute atomic E-state index is 11.1. The molecule has 2 saturated heterocycles. The second-order valence-electron chi connectivity index (χ2n) is 2.81. The van der Waals surface area contributed by atoms with E-state index in [4.69, 9.17) is 11.6 Å². The van der Waals surface area contributed by atoms with Gasteiger partial charge in [-0.15, -0.1) is 0 Å². The molecular weight excluding hydrogens is 166 g/mol. The highest BCUT2D eigenvalue weighted by Crippen LogP contribution is 2.51. The zero-order valence-corrected chi connectivity index (χ0v) is 7.06. The minimum Gasteiger partial charge on any atom is -0.340 e. The fourth-order valence-corrected chi connectivity index (χ4v) is 2.03. The topological polar surface area (TPSA) is 35.1 Å². The number of hydrazine groups is 1. The number of urea groups is 1. The molecule has 0 aromatic heterocycles. The highest BCUT2D eigenvalue weighted by molar-refractivity contribution is 6.26. The quantitative estimate of drug-likeness (QED) is 0.332. The predicted octanol–water partition coefficient (Wildman–Crippen LogP) is 0.545. The number of carbonyl (C=O) groups is 1. The SMILES string of the molecule is CNC(=O)N1N2CCCC21Cl. The Hall–Kier alpha value is -0.480. The van der Waals surface area contributed by atoms with Gasteiger partial charge in [-0.3, -0.25) is 0 Å². The maximum atomic E-state index is 11.1. The van der Waals surface area contributed by atoms with Gasteiger partial charge in [-0.05, 0) is 6.42 Å². The number of rotatable bonds is 0. The van der Waals surface area contributed by atoms with Crippen LogP contribution in [0.15, 0.2) is 0 Å². The summed E-state index contributed by atoms with van der Waals surface area (Å²) in [5, 5.41) is 5.52. The molecule has 2 unspecified atom stereocenters.